The number of hydrogen-bond donors (Lipinski definition) is 1. The fourth-order valence-corrected chi connectivity index (χ4v) is 0.496. The van der Waals surface area contributed by atoms with Crippen LogP contribution >= 0.6 is 0 Å². The summed E-state index contributed by atoms with van der Waals surface area (Å²) in [6.07, 6.45) is 6.17. The van der Waals surface area contributed by atoms with Gasteiger partial charge in [-0.3, -0.25) is 0 Å². The molecule has 0 saturated heterocycles. The monoisotopic (exact) mass is 162 g/mol. The summed E-state index contributed by atoms with van der Waals surface area (Å²) in [5.41, 5.74) is 0. The average Bonchev–Trinajstić information content (AvgIpc) is 1.69. The Morgan fingerprint density at radius 2 is 2.00 bits per heavy atom. The van der Waals surface area contributed by atoms with Crippen molar-refractivity contribution in [1.29, 1.82) is 5.41 Å². The van der Waals surface area contributed by atoms with Crippen LogP contribution in [0.1, 0.15) is 32.6 Å². The van der Waals surface area contributed by atoms with E-state index in [2.05, 4.69) is 6.92 Å². The third-order valence-electron chi connectivity index (χ3n) is 0.952. The average molecular weight is 163 g/mol. The Balaban J connectivity index is 0. The minimum Gasteiger partial charge on any atom is -0.313 e. The van der Waals surface area contributed by atoms with Gasteiger partial charge >= 0.3 is 0 Å². The first kappa shape index (κ1) is 11.0. The zero-order valence-electron chi connectivity index (χ0n) is 5.21. The summed E-state index contributed by atoms with van der Waals surface area (Å²) in [5, 5.41) is 6.66. The number of unbranched alkanes of at least 4 members (excludes halogenated alkanes) is 3. The van der Waals surface area contributed by atoms with Crippen LogP contribution in [0.5, 0.6) is 0 Å². The van der Waals surface area contributed by atoms with Crippen molar-refractivity contribution >= 4 is 6.21 Å². The van der Waals surface area contributed by atoms with Crippen LogP contribution in [0.4, 0.5) is 0 Å². The van der Waals surface area contributed by atoms with Gasteiger partial charge in [0.1, 0.15) is 0 Å². The molecule has 1 N–H and O–H groups in total. The van der Waals surface area contributed by atoms with Crippen LogP contribution in [-0.4, -0.2) is 6.21 Å². The molecular weight excluding hydrogens is 150 g/mol. The molecule has 0 fully saturated rings. The molecular formula is C6H13CuN. The second-order valence-electron chi connectivity index (χ2n) is 1.70. The van der Waals surface area contributed by atoms with Gasteiger partial charge < -0.3 is 5.41 Å². The molecule has 1 nitrogen and oxygen atoms in total. The Morgan fingerprint density at radius 1 is 1.38 bits per heavy atom. The number of nitrogens with one attached hydrogen (secondary N) is 1. The maximum Gasteiger partial charge on any atom is 0 e. The van der Waals surface area contributed by atoms with Crippen LogP contribution < -0.4 is 0 Å². The van der Waals surface area contributed by atoms with Gasteiger partial charge in [0.2, 0.25) is 0 Å². The molecule has 0 rings (SSSR count). The largest absolute Gasteiger partial charge is 0.313 e. The number of rotatable bonds is 4. The molecule has 0 aliphatic rings. The predicted molar refractivity (Wildman–Crippen MR) is 32.9 cm³/mol. The smallest absolute Gasteiger partial charge is 0 e. The maximum absolute atomic E-state index is 6.66. The topological polar surface area (TPSA) is 23.9 Å². The Bertz CT molecular complexity index is 45.8. The minimum absolute atomic E-state index is 0. The molecule has 0 bridgehead atoms. The third kappa shape index (κ3) is 9.50. The predicted octanol–water partition coefficient (Wildman–Crippen LogP) is 2.21. The van der Waals surface area contributed by atoms with Crippen molar-refractivity contribution in [2.75, 3.05) is 0 Å². The van der Waals surface area contributed by atoms with Crippen molar-refractivity contribution in [3.05, 3.63) is 0 Å². The molecule has 0 unspecified atom stereocenters. The van der Waals surface area contributed by atoms with Gasteiger partial charge in [-0.15, -0.1) is 0 Å². The van der Waals surface area contributed by atoms with Gasteiger partial charge in [0.15, 0.2) is 0 Å². The zero-order valence-corrected chi connectivity index (χ0v) is 6.15. The van der Waals surface area contributed by atoms with Gasteiger partial charge in [0.05, 0.1) is 0 Å². The van der Waals surface area contributed by atoms with Crippen LogP contribution in [0.2, 0.25) is 0 Å². The van der Waals surface area contributed by atoms with Crippen molar-refractivity contribution in [1.82, 2.24) is 0 Å². The van der Waals surface area contributed by atoms with E-state index in [9.17, 15) is 0 Å². The first-order valence-corrected chi connectivity index (χ1v) is 2.90. The van der Waals surface area contributed by atoms with Crippen molar-refractivity contribution in [3.63, 3.8) is 0 Å². The zero-order chi connectivity index (χ0) is 5.54. The van der Waals surface area contributed by atoms with Gasteiger partial charge in [-0.05, 0) is 19.1 Å². The van der Waals surface area contributed by atoms with Crippen LogP contribution in [-0.2, 0) is 17.1 Å². The van der Waals surface area contributed by atoms with Crippen LogP contribution in [0.15, 0.2) is 0 Å². The Labute approximate surface area is 61.8 Å². The molecule has 0 aromatic rings. The Kier molecular flexibility index (Phi) is 14.1. The molecule has 0 aliphatic carbocycles. The van der Waals surface area contributed by atoms with E-state index in [-0.39, 0.29) is 17.1 Å². The van der Waals surface area contributed by atoms with Gasteiger partial charge in [0, 0.05) is 17.1 Å². The SMILES string of the molecule is CCCCCC=N.[Cu]. The summed E-state index contributed by atoms with van der Waals surface area (Å²) in [7, 11) is 0. The van der Waals surface area contributed by atoms with E-state index < -0.39 is 0 Å². The summed E-state index contributed by atoms with van der Waals surface area (Å²) in [5.74, 6) is 0. The Morgan fingerprint density at radius 3 is 2.38 bits per heavy atom. The normalized spacial score (nSPS) is 7.62. The van der Waals surface area contributed by atoms with E-state index in [4.69, 9.17) is 5.41 Å². The number of hydrogen-bond acceptors (Lipinski definition) is 1. The van der Waals surface area contributed by atoms with Gasteiger partial charge in [-0.2, -0.15) is 0 Å². The Hall–Kier alpha value is 0.189. The van der Waals surface area contributed by atoms with E-state index >= 15 is 0 Å². The van der Waals surface area contributed by atoms with Crippen LogP contribution in [0, 0.1) is 5.41 Å². The van der Waals surface area contributed by atoms with Crippen LogP contribution in [0.25, 0.3) is 0 Å². The summed E-state index contributed by atoms with van der Waals surface area (Å²) in [6.45, 7) is 2.17. The van der Waals surface area contributed by atoms with Crippen molar-refractivity contribution < 1.29 is 17.1 Å². The van der Waals surface area contributed by atoms with E-state index in [1.165, 1.54) is 25.5 Å². The first-order chi connectivity index (χ1) is 3.41. The third-order valence-corrected chi connectivity index (χ3v) is 0.952. The van der Waals surface area contributed by atoms with Crippen molar-refractivity contribution in [3.8, 4) is 0 Å². The molecule has 0 aliphatic heterocycles. The van der Waals surface area contributed by atoms with Crippen molar-refractivity contribution in [2.24, 2.45) is 0 Å². The summed E-state index contributed by atoms with van der Waals surface area (Å²) >= 11 is 0. The molecule has 0 atom stereocenters. The molecule has 0 heterocycles. The fraction of sp³-hybridized carbons (Fsp3) is 0.833. The van der Waals surface area contributed by atoms with Crippen molar-refractivity contribution in [2.45, 2.75) is 32.6 Å². The minimum atomic E-state index is 0. The van der Waals surface area contributed by atoms with Gasteiger partial charge in [-0.25, -0.2) is 0 Å². The van der Waals surface area contributed by atoms with Gasteiger partial charge in [-0.1, -0.05) is 19.8 Å². The van der Waals surface area contributed by atoms with E-state index in [0.29, 0.717) is 0 Å². The second-order valence-corrected chi connectivity index (χ2v) is 1.70. The molecule has 0 spiro atoms. The standard InChI is InChI=1S/C6H13N.Cu/c1-2-3-4-5-6-7;/h6-7H,2-5H2,1H3;. The summed E-state index contributed by atoms with van der Waals surface area (Å²) < 4.78 is 0. The fourth-order valence-electron chi connectivity index (χ4n) is 0.496. The molecule has 0 saturated carbocycles. The van der Waals surface area contributed by atoms with Crippen LogP contribution in [0.3, 0.4) is 0 Å². The molecule has 2 heteroatoms. The molecule has 0 aromatic carbocycles. The quantitative estimate of drug-likeness (QED) is 0.373. The van der Waals surface area contributed by atoms with E-state index in [1.54, 1.807) is 0 Å². The van der Waals surface area contributed by atoms with Gasteiger partial charge in [0.25, 0.3) is 0 Å². The molecule has 1 radical (unpaired) electrons. The molecule has 0 aromatic heterocycles. The molecule has 8 heavy (non-hydrogen) atoms. The summed E-state index contributed by atoms with van der Waals surface area (Å²) in [4.78, 5) is 0. The van der Waals surface area contributed by atoms with E-state index in [0.717, 1.165) is 6.42 Å². The maximum atomic E-state index is 6.66. The molecule has 0 amide bonds. The summed E-state index contributed by atoms with van der Waals surface area (Å²) in [6, 6.07) is 0. The molecule has 53 valence electrons. The first-order valence-electron chi connectivity index (χ1n) is 2.90. The van der Waals surface area contributed by atoms with E-state index in [1.807, 2.05) is 0 Å². The second kappa shape index (κ2) is 10.2.